The molecule has 5 nitrogen and oxygen atoms in total. The van der Waals surface area contributed by atoms with E-state index in [4.69, 9.17) is 9.47 Å². The van der Waals surface area contributed by atoms with Gasteiger partial charge in [-0.15, -0.1) is 11.3 Å². The van der Waals surface area contributed by atoms with Crippen molar-refractivity contribution in [2.45, 2.75) is 13.8 Å². The molecular weight excluding hydrogens is 398 g/mol. The van der Waals surface area contributed by atoms with Crippen LogP contribution < -0.4 is 10.1 Å². The summed E-state index contributed by atoms with van der Waals surface area (Å²) in [5.74, 6) is -0.121. The molecule has 0 saturated heterocycles. The number of rotatable bonds is 7. The van der Waals surface area contributed by atoms with Crippen molar-refractivity contribution < 1.29 is 19.1 Å². The molecule has 1 amide bonds. The van der Waals surface area contributed by atoms with E-state index in [0.717, 1.165) is 21.6 Å². The van der Waals surface area contributed by atoms with Crippen molar-refractivity contribution in [2.75, 3.05) is 19.0 Å². The minimum atomic E-state index is -0.454. The number of carbonyl (C=O) groups excluding carboxylic acids is 2. The Morgan fingerprint density at radius 2 is 1.77 bits per heavy atom. The third-order valence-electron chi connectivity index (χ3n) is 4.42. The lowest BCUT2D eigenvalue weighted by Gasteiger charge is -2.08. The van der Waals surface area contributed by atoms with E-state index in [1.54, 1.807) is 20.1 Å². The Morgan fingerprint density at radius 3 is 2.47 bits per heavy atom. The van der Waals surface area contributed by atoms with E-state index < -0.39 is 5.97 Å². The molecule has 0 aliphatic carbocycles. The number of ether oxygens (including phenoxy) is 2. The van der Waals surface area contributed by atoms with E-state index >= 15 is 0 Å². The van der Waals surface area contributed by atoms with Crippen molar-refractivity contribution in [3.05, 3.63) is 76.7 Å². The minimum absolute atomic E-state index is 0.253. The zero-order chi connectivity index (χ0) is 21.5. The second kappa shape index (κ2) is 9.89. The van der Waals surface area contributed by atoms with Crippen molar-refractivity contribution in [3.63, 3.8) is 0 Å². The van der Waals surface area contributed by atoms with E-state index in [0.29, 0.717) is 16.3 Å². The average Bonchev–Trinajstić information content (AvgIpc) is 3.08. The van der Waals surface area contributed by atoms with Gasteiger partial charge in [-0.3, -0.25) is 4.79 Å². The number of carbonyl (C=O) groups is 2. The van der Waals surface area contributed by atoms with E-state index in [2.05, 4.69) is 5.32 Å². The van der Waals surface area contributed by atoms with Gasteiger partial charge >= 0.3 is 5.97 Å². The van der Waals surface area contributed by atoms with Crippen LogP contribution in [-0.4, -0.2) is 25.6 Å². The number of aryl methyl sites for hydroxylation is 1. The van der Waals surface area contributed by atoms with Crippen LogP contribution >= 0.6 is 11.3 Å². The van der Waals surface area contributed by atoms with Crippen LogP contribution in [-0.2, 0) is 9.53 Å². The van der Waals surface area contributed by atoms with Crippen LogP contribution in [0.3, 0.4) is 0 Å². The summed E-state index contributed by atoms with van der Waals surface area (Å²) in [5.41, 5.74) is 2.85. The van der Waals surface area contributed by atoms with E-state index in [-0.39, 0.29) is 12.5 Å². The highest BCUT2D eigenvalue weighted by Crippen LogP contribution is 2.40. The van der Waals surface area contributed by atoms with E-state index in [1.807, 2.05) is 61.5 Å². The lowest BCUT2D eigenvalue weighted by molar-refractivity contribution is -0.111. The molecule has 0 spiro atoms. The van der Waals surface area contributed by atoms with Gasteiger partial charge in [-0.1, -0.05) is 48.5 Å². The topological polar surface area (TPSA) is 64.6 Å². The van der Waals surface area contributed by atoms with Gasteiger partial charge in [0.1, 0.15) is 16.3 Å². The Hall–Kier alpha value is -3.38. The van der Waals surface area contributed by atoms with Crippen molar-refractivity contribution >= 4 is 34.3 Å². The van der Waals surface area contributed by atoms with Crippen LogP contribution in [0.4, 0.5) is 5.00 Å². The zero-order valence-corrected chi connectivity index (χ0v) is 17.9. The fourth-order valence-electron chi connectivity index (χ4n) is 3.11. The summed E-state index contributed by atoms with van der Waals surface area (Å²) >= 11 is 1.36. The molecule has 0 fully saturated rings. The number of anilines is 1. The van der Waals surface area contributed by atoms with Crippen molar-refractivity contribution in [3.8, 4) is 16.9 Å². The quantitative estimate of drug-likeness (QED) is 0.401. The number of methoxy groups -OCH3 is 1. The smallest absolute Gasteiger partial charge is 0.341 e. The first kappa shape index (κ1) is 21.3. The first-order chi connectivity index (χ1) is 14.5. The van der Waals surface area contributed by atoms with Gasteiger partial charge in [0.2, 0.25) is 5.91 Å². The molecule has 0 saturated carbocycles. The highest BCUT2D eigenvalue weighted by atomic mass is 32.1. The summed E-state index contributed by atoms with van der Waals surface area (Å²) in [6.45, 7) is 3.94. The largest absolute Gasteiger partial charge is 0.496 e. The monoisotopic (exact) mass is 421 g/mol. The molecule has 6 heteroatoms. The number of thiophene rings is 1. The van der Waals surface area contributed by atoms with Crippen LogP contribution in [0.15, 0.2) is 60.7 Å². The number of benzene rings is 2. The lowest BCUT2D eigenvalue weighted by Crippen LogP contribution is -2.12. The average molecular weight is 422 g/mol. The molecule has 30 heavy (non-hydrogen) atoms. The van der Waals surface area contributed by atoms with Gasteiger partial charge in [0, 0.05) is 22.1 Å². The van der Waals surface area contributed by atoms with Crippen LogP contribution in [0, 0.1) is 6.92 Å². The third-order valence-corrected chi connectivity index (χ3v) is 5.44. The first-order valence-corrected chi connectivity index (χ1v) is 10.3. The fourth-order valence-corrected chi connectivity index (χ4v) is 4.17. The standard InChI is InChI=1S/C24H23NO4S/c1-4-29-24(27)22-21(18-11-6-5-7-12-18)16(2)30-23(22)25-20(26)15-14-17-10-8-9-13-19(17)28-3/h5-15H,4H2,1-3H3,(H,25,26). The zero-order valence-electron chi connectivity index (χ0n) is 17.1. The Balaban J connectivity index is 1.93. The Morgan fingerprint density at radius 1 is 1.07 bits per heavy atom. The summed E-state index contributed by atoms with van der Waals surface area (Å²) in [7, 11) is 1.58. The molecule has 0 aliphatic rings. The van der Waals surface area contributed by atoms with Crippen LogP contribution in [0.2, 0.25) is 0 Å². The molecule has 3 rings (SSSR count). The number of esters is 1. The molecule has 0 bridgehead atoms. The number of nitrogens with one attached hydrogen (secondary N) is 1. The molecule has 3 aromatic rings. The van der Waals surface area contributed by atoms with Crippen LogP contribution in [0.25, 0.3) is 17.2 Å². The first-order valence-electron chi connectivity index (χ1n) is 9.53. The predicted octanol–water partition coefficient (Wildman–Crippen LogP) is 5.56. The lowest BCUT2D eigenvalue weighted by atomic mass is 10.0. The number of hydrogen-bond acceptors (Lipinski definition) is 5. The molecule has 154 valence electrons. The highest BCUT2D eigenvalue weighted by molar-refractivity contribution is 7.17. The molecule has 0 unspecified atom stereocenters. The van der Waals surface area contributed by atoms with Crippen LogP contribution in [0.1, 0.15) is 27.7 Å². The summed E-state index contributed by atoms with van der Waals surface area (Å²) in [5, 5.41) is 3.31. The normalized spacial score (nSPS) is 10.8. The van der Waals surface area contributed by atoms with E-state index in [9.17, 15) is 9.59 Å². The summed E-state index contributed by atoms with van der Waals surface area (Å²) in [6.07, 6.45) is 3.10. The molecule has 0 radical (unpaired) electrons. The SMILES string of the molecule is CCOC(=O)c1c(NC(=O)C=Cc2ccccc2OC)sc(C)c1-c1ccccc1. The van der Waals surface area contributed by atoms with Crippen molar-refractivity contribution in [1.82, 2.24) is 0 Å². The van der Waals surface area contributed by atoms with Crippen LogP contribution in [0.5, 0.6) is 5.75 Å². The summed E-state index contributed by atoms with van der Waals surface area (Å²) in [4.78, 5) is 26.2. The second-order valence-corrected chi connectivity index (χ2v) is 7.61. The molecule has 0 atom stereocenters. The fraction of sp³-hybridized carbons (Fsp3) is 0.167. The number of hydrogen-bond donors (Lipinski definition) is 1. The van der Waals surface area contributed by atoms with Gasteiger partial charge in [-0.25, -0.2) is 4.79 Å². The predicted molar refractivity (Wildman–Crippen MR) is 121 cm³/mol. The number of amides is 1. The van der Waals surface area contributed by atoms with Gasteiger partial charge < -0.3 is 14.8 Å². The maximum atomic E-state index is 12.7. The van der Waals surface area contributed by atoms with Crippen molar-refractivity contribution in [1.29, 1.82) is 0 Å². The Labute approximate surface area is 180 Å². The van der Waals surface area contributed by atoms with Gasteiger partial charge in [0.05, 0.1) is 13.7 Å². The van der Waals surface area contributed by atoms with Gasteiger partial charge in [-0.2, -0.15) is 0 Å². The third kappa shape index (κ3) is 4.78. The Kier molecular flexibility index (Phi) is 7.03. The highest BCUT2D eigenvalue weighted by Gasteiger charge is 2.25. The second-order valence-electron chi connectivity index (χ2n) is 6.39. The summed E-state index contributed by atoms with van der Waals surface area (Å²) in [6, 6.07) is 17.0. The molecule has 1 N–H and O–H groups in total. The molecule has 2 aromatic carbocycles. The van der Waals surface area contributed by atoms with Gasteiger partial charge in [-0.05, 0) is 31.6 Å². The molecule has 0 aliphatic heterocycles. The maximum absolute atomic E-state index is 12.7. The number of para-hydroxylation sites is 1. The molecular formula is C24H23NO4S. The van der Waals surface area contributed by atoms with Gasteiger partial charge in [0.25, 0.3) is 0 Å². The molecule has 1 aromatic heterocycles. The van der Waals surface area contributed by atoms with Crippen molar-refractivity contribution in [2.24, 2.45) is 0 Å². The van der Waals surface area contributed by atoms with Gasteiger partial charge in [0.15, 0.2) is 0 Å². The summed E-state index contributed by atoms with van der Waals surface area (Å²) < 4.78 is 10.6. The molecule has 1 heterocycles. The minimum Gasteiger partial charge on any atom is -0.496 e. The maximum Gasteiger partial charge on any atom is 0.341 e. The van der Waals surface area contributed by atoms with E-state index in [1.165, 1.54) is 17.4 Å². The Bertz CT molecular complexity index is 1070.